The summed E-state index contributed by atoms with van der Waals surface area (Å²) < 4.78 is 0. The summed E-state index contributed by atoms with van der Waals surface area (Å²) >= 11 is 16.5. The third-order valence-electron chi connectivity index (χ3n) is 1.04. The summed E-state index contributed by atoms with van der Waals surface area (Å²) in [4.78, 5) is 7.16. The maximum absolute atomic E-state index is 8.70. The number of hydrogen-bond donors (Lipinski definition) is 1. The molecule has 6 heteroatoms. The first-order chi connectivity index (χ1) is 5.15. The van der Waals surface area contributed by atoms with Gasteiger partial charge in [-0.2, -0.15) is 0 Å². The predicted octanol–water partition coefficient (Wildman–Crippen LogP) is 1.93. The summed E-state index contributed by atoms with van der Waals surface area (Å²) in [5, 5.41) is 8.83. The summed E-state index contributed by atoms with van der Waals surface area (Å²) in [6, 6.07) is 0. The van der Waals surface area contributed by atoms with Gasteiger partial charge in [0, 0.05) is 0 Å². The normalized spacial score (nSPS) is 10.2. The van der Waals surface area contributed by atoms with Gasteiger partial charge in [0.15, 0.2) is 0 Å². The van der Waals surface area contributed by atoms with Gasteiger partial charge in [0.25, 0.3) is 0 Å². The number of nitrogens with zero attached hydrogens (tertiary/aromatic N) is 2. The molecule has 0 aromatic carbocycles. The van der Waals surface area contributed by atoms with Crippen LogP contribution in [0.15, 0.2) is 0 Å². The van der Waals surface area contributed by atoms with Crippen LogP contribution in [0.2, 0.25) is 15.6 Å². The fraction of sp³-hybridized carbons (Fsp3) is 0.200. The SMILES string of the molecule is OCc1c(Cl)nc(Cl)nc1Cl. The van der Waals surface area contributed by atoms with E-state index in [1.165, 1.54) is 0 Å². The van der Waals surface area contributed by atoms with Gasteiger partial charge in [0.05, 0.1) is 12.2 Å². The van der Waals surface area contributed by atoms with E-state index in [1.807, 2.05) is 0 Å². The van der Waals surface area contributed by atoms with E-state index in [-0.39, 0.29) is 27.8 Å². The van der Waals surface area contributed by atoms with Crippen molar-refractivity contribution in [3.05, 3.63) is 21.2 Å². The van der Waals surface area contributed by atoms with Crippen molar-refractivity contribution < 1.29 is 5.11 Å². The number of rotatable bonds is 1. The monoisotopic (exact) mass is 212 g/mol. The van der Waals surface area contributed by atoms with Crippen LogP contribution in [0.4, 0.5) is 0 Å². The molecule has 0 atom stereocenters. The fourth-order valence-electron chi connectivity index (χ4n) is 0.538. The van der Waals surface area contributed by atoms with E-state index in [2.05, 4.69) is 9.97 Å². The molecule has 11 heavy (non-hydrogen) atoms. The Labute approximate surface area is 77.9 Å². The Balaban J connectivity index is 3.25. The first kappa shape index (κ1) is 9.00. The van der Waals surface area contributed by atoms with Crippen molar-refractivity contribution in [2.45, 2.75) is 6.61 Å². The highest BCUT2D eigenvalue weighted by molar-refractivity contribution is 6.36. The van der Waals surface area contributed by atoms with Gasteiger partial charge in [-0.25, -0.2) is 9.97 Å². The topological polar surface area (TPSA) is 46.0 Å². The molecule has 1 aromatic heterocycles. The van der Waals surface area contributed by atoms with Gasteiger partial charge in [-0.3, -0.25) is 0 Å². The third-order valence-corrected chi connectivity index (χ3v) is 1.83. The van der Waals surface area contributed by atoms with Crippen molar-refractivity contribution in [2.24, 2.45) is 0 Å². The first-order valence-electron chi connectivity index (χ1n) is 2.63. The Morgan fingerprint density at radius 3 is 1.91 bits per heavy atom. The summed E-state index contributed by atoms with van der Waals surface area (Å²) in [6.45, 7) is -0.297. The number of hydrogen-bond acceptors (Lipinski definition) is 3. The standard InChI is InChI=1S/C5H3Cl3N2O/c6-3-2(1-11)4(7)10-5(8)9-3/h11H,1H2. The lowest BCUT2D eigenvalue weighted by molar-refractivity contribution is 0.281. The molecule has 0 saturated carbocycles. The van der Waals surface area contributed by atoms with Crippen molar-refractivity contribution in [2.75, 3.05) is 0 Å². The molecule has 0 amide bonds. The van der Waals surface area contributed by atoms with Gasteiger partial charge in [-0.15, -0.1) is 0 Å². The second kappa shape index (κ2) is 3.54. The van der Waals surface area contributed by atoms with Crippen LogP contribution in [-0.2, 0) is 6.61 Å². The van der Waals surface area contributed by atoms with Gasteiger partial charge in [-0.1, -0.05) is 23.2 Å². The van der Waals surface area contributed by atoms with Gasteiger partial charge in [-0.05, 0) is 11.6 Å². The molecule has 0 radical (unpaired) electrons. The van der Waals surface area contributed by atoms with E-state index in [1.54, 1.807) is 0 Å². The molecule has 1 N–H and O–H groups in total. The average Bonchev–Trinajstić information content (AvgIpc) is 1.85. The Hall–Kier alpha value is -0.0900. The Morgan fingerprint density at radius 1 is 1.09 bits per heavy atom. The molecule has 3 nitrogen and oxygen atoms in total. The van der Waals surface area contributed by atoms with Crippen LogP contribution in [0.3, 0.4) is 0 Å². The third kappa shape index (κ3) is 1.93. The fourth-order valence-corrected chi connectivity index (χ4v) is 1.30. The molecule has 0 saturated heterocycles. The Morgan fingerprint density at radius 2 is 1.55 bits per heavy atom. The number of aliphatic hydroxyl groups excluding tert-OH is 1. The lowest BCUT2D eigenvalue weighted by Gasteiger charge is -2.00. The van der Waals surface area contributed by atoms with Crippen LogP contribution < -0.4 is 0 Å². The van der Waals surface area contributed by atoms with Crippen molar-refractivity contribution >= 4 is 34.8 Å². The van der Waals surface area contributed by atoms with E-state index in [9.17, 15) is 0 Å². The summed E-state index contributed by atoms with van der Waals surface area (Å²) in [7, 11) is 0. The Kier molecular flexibility index (Phi) is 2.90. The molecular weight excluding hydrogens is 210 g/mol. The molecule has 0 aliphatic carbocycles. The quantitative estimate of drug-likeness (QED) is 0.573. The van der Waals surface area contributed by atoms with Gasteiger partial charge >= 0.3 is 0 Å². The zero-order valence-electron chi connectivity index (χ0n) is 5.18. The van der Waals surface area contributed by atoms with Gasteiger partial charge < -0.3 is 5.11 Å². The molecular formula is C5H3Cl3N2O. The van der Waals surface area contributed by atoms with E-state index in [0.717, 1.165) is 0 Å². The zero-order chi connectivity index (χ0) is 8.43. The number of aliphatic hydroxyl groups is 1. The van der Waals surface area contributed by atoms with Crippen molar-refractivity contribution in [1.82, 2.24) is 9.97 Å². The molecule has 0 aliphatic rings. The van der Waals surface area contributed by atoms with E-state index in [4.69, 9.17) is 39.9 Å². The Bertz CT molecular complexity index is 255. The van der Waals surface area contributed by atoms with Crippen LogP contribution in [0.1, 0.15) is 5.56 Å². The lowest BCUT2D eigenvalue weighted by atomic mass is 10.4. The van der Waals surface area contributed by atoms with Crippen molar-refractivity contribution in [1.29, 1.82) is 0 Å². The van der Waals surface area contributed by atoms with Crippen LogP contribution >= 0.6 is 34.8 Å². The highest BCUT2D eigenvalue weighted by Gasteiger charge is 2.08. The molecule has 0 aliphatic heterocycles. The molecule has 60 valence electrons. The number of aromatic nitrogens is 2. The van der Waals surface area contributed by atoms with E-state index >= 15 is 0 Å². The predicted molar refractivity (Wildman–Crippen MR) is 43.0 cm³/mol. The molecule has 0 unspecified atom stereocenters. The zero-order valence-corrected chi connectivity index (χ0v) is 7.45. The highest BCUT2D eigenvalue weighted by Crippen LogP contribution is 2.22. The second-order valence-electron chi connectivity index (χ2n) is 1.71. The van der Waals surface area contributed by atoms with Crippen molar-refractivity contribution in [3.8, 4) is 0 Å². The maximum atomic E-state index is 8.70. The molecule has 1 heterocycles. The van der Waals surface area contributed by atoms with Crippen molar-refractivity contribution in [3.63, 3.8) is 0 Å². The molecule has 1 aromatic rings. The molecule has 0 fully saturated rings. The summed E-state index contributed by atoms with van der Waals surface area (Å²) in [5.41, 5.74) is 0.290. The largest absolute Gasteiger partial charge is 0.391 e. The number of halogens is 3. The van der Waals surface area contributed by atoms with Crippen LogP contribution in [0.5, 0.6) is 0 Å². The minimum atomic E-state index is -0.297. The minimum absolute atomic E-state index is 0.0304. The van der Waals surface area contributed by atoms with E-state index in [0.29, 0.717) is 0 Å². The molecule has 0 spiro atoms. The summed E-state index contributed by atoms with van der Waals surface area (Å²) in [6.07, 6.45) is 0. The molecule has 0 bridgehead atoms. The van der Waals surface area contributed by atoms with Gasteiger partial charge in [0.1, 0.15) is 10.3 Å². The molecule has 1 rings (SSSR count). The first-order valence-corrected chi connectivity index (χ1v) is 3.77. The van der Waals surface area contributed by atoms with Crippen LogP contribution in [-0.4, -0.2) is 15.1 Å². The average molecular weight is 213 g/mol. The van der Waals surface area contributed by atoms with Gasteiger partial charge in [0.2, 0.25) is 5.28 Å². The maximum Gasteiger partial charge on any atom is 0.225 e. The highest BCUT2D eigenvalue weighted by atomic mass is 35.5. The minimum Gasteiger partial charge on any atom is -0.391 e. The van der Waals surface area contributed by atoms with E-state index < -0.39 is 0 Å². The van der Waals surface area contributed by atoms with Crippen LogP contribution in [0, 0.1) is 0 Å². The smallest absolute Gasteiger partial charge is 0.225 e. The van der Waals surface area contributed by atoms with Crippen LogP contribution in [0.25, 0.3) is 0 Å². The summed E-state index contributed by atoms with van der Waals surface area (Å²) in [5.74, 6) is 0. The lowest BCUT2D eigenvalue weighted by Crippen LogP contribution is -1.93. The second-order valence-corrected chi connectivity index (χ2v) is 2.77.